The lowest BCUT2D eigenvalue weighted by molar-refractivity contribution is -0.149. The van der Waals surface area contributed by atoms with Crippen molar-refractivity contribution in [3.63, 3.8) is 0 Å². The average Bonchev–Trinajstić information content (AvgIpc) is 3.12. The number of rotatable bonds is 7. The van der Waals surface area contributed by atoms with Crippen molar-refractivity contribution in [1.29, 1.82) is 0 Å². The third-order valence-corrected chi connectivity index (χ3v) is 5.40. The Labute approximate surface area is 158 Å². The van der Waals surface area contributed by atoms with Gasteiger partial charge in [-0.1, -0.05) is 11.6 Å². The van der Waals surface area contributed by atoms with E-state index in [2.05, 4.69) is 11.1 Å². The van der Waals surface area contributed by atoms with Gasteiger partial charge in [0.2, 0.25) is 0 Å². The Bertz CT molecular complexity index is 764. The molecule has 1 heterocycles. The number of aryl methyl sites for hydroxylation is 1. The smallest absolute Gasteiger partial charge is 0.347 e. The van der Waals surface area contributed by atoms with Gasteiger partial charge in [0.1, 0.15) is 5.75 Å². The van der Waals surface area contributed by atoms with Gasteiger partial charge >= 0.3 is 5.97 Å². The zero-order chi connectivity index (χ0) is 18.4. The molecule has 0 bridgehead atoms. The van der Waals surface area contributed by atoms with Crippen molar-refractivity contribution < 1.29 is 14.3 Å². The first-order chi connectivity index (χ1) is 12.7. The second kappa shape index (κ2) is 8.99. The van der Waals surface area contributed by atoms with E-state index in [-0.39, 0.29) is 5.97 Å². The second-order valence-corrected chi connectivity index (χ2v) is 7.61. The molecule has 26 heavy (non-hydrogen) atoms. The molecular formula is C21H25NO3S. The summed E-state index contributed by atoms with van der Waals surface area (Å²) < 4.78 is 10.9. The lowest BCUT2D eigenvalue weighted by atomic mass is 9.95. The van der Waals surface area contributed by atoms with E-state index in [0.717, 1.165) is 35.5 Å². The number of nitrogens with zero attached hydrogens (tertiary/aromatic N) is 1. The Morgan fingerprint density at radius 1 is 1.27 bits per heavy atom. The topological polar surface area (TPSA) is 48.4 Å². The quantitative estimate of drug-likeness (QED) is 0.488. The van der Waals surface area contributed by atoms with Gasteiger partial charge in [0, 0.05) is 10.9 Å². The SMILES string of the molecule is COC(=O)C(CCC1=CCCCC1)Oc1ccc(-c2csc(C)n2)cc1. The number of carbonyl (C=O) groups is 1. The molecule has 4 nitrogen and oxygen atoms in total. The maximum atomic E-state index is 12.1. The van der Waals surface area contributed by atoms with Gasteiger partial charge < -0.3 is 9.47 Å². The Kier molecular flexibility index (Phi) is 6.45. The molecule has 0 radical (unpaired) electrons. The predicted octanol–water partition coefficient (Wildman–Crippen LogP) is 5.32. The van der Waals surface area contributed by atoms with Crippen molar-refractivity contribution in [1.82, 2.24) is 4.98 Å². The van der Waals surface area contributed by atoms with Crippen LogP contribution in [0.2, 0.25) is 0 Å². The van der Waals surface area contributed by atoms with Gasteiger partial charge in [0.05, 0.1) is 17.8 Å². The monoisotopic (exact) mass is 371 g/mol. The van der Waals surface area contributed by atoms with E-state index in [1.807, 2.05) is 36.6 Å². The summed E-state index contributed by atoms with van der Waals surface area (Å²) in [5.74, 6) is 0.356. The minimum absolute atomic E-state index is 0.319. The average molecular weight is 372 g/mol. The molecule has 0 fully saturated rings. The first kappa shape index (κ1) is 18.6. The van der Waals surface area contributed by atoms with Gasteiger partial charge in [0.15, 0.2) is 6.10 Å². The van der Waals surface area contributed by atoms with Crippen molar-refractivity contribution in [2.45, 2.75) is 51.6 Å². The van der Waals surface area contributed by atoms with E-state index in [1.54, 1.807) is 11.3 Å². The highest BCUT2D eigenvalue weighted by Gasteiger charge is 2.22. The van der Waals surface area contributed by atoms with Crippen LogP contribution in [0.1, 0.15) is 43.5 Å². The minimum atomic E-state index is -0.574. The summed E-state index contributed by atoms with van der Waals surface area (Å²) in [6.45, 7) is 1.99. The fourth-order valence-corrected chi connectivity index (χ4v) is 3.79. The van der Waals surface area contributed by atoms with Crippen molar-refractivity contribution in [2.75, 3.05) is 7.11 Å². The van der Waals surface area contributed by atoms with E-state index < -0.39 is 6.10 Å². The zero-order valence-electron chi connectivity index (χ0n) is 15.4. The maximum absolute atomic E-state index is 12.1. The van der Waals surface area contributed by atoms with Gasteiger partial charge in [-0.3, -0.25) is 0 Å². The fourth-order valence-electron chi connectivity index (χ4n) is 3.17. The van der Waals surface area contributed by atoms with Crippen LogP contribution in [0.5, 0.6) is 5.75 Å². The van der Waals surface area contributed by atoms with Gasteiger partial charge in [-0.25, -0.2) is 9.78 Å². The van der Waals surface area contributed by atoms with Crippen molar-refractivity contribution >= 4 is 17.3 Å². The molecule has 0 saturated heterocycles. The molecule has 1 aliphatic carbocycles. The van der Waals surface area contributed by atoms with Gasteiger partial charge in [-0.2, -0.15) is 0 Å². The summed E-state index contributed by atoms with van der Waals surface area (Å²) in [6, 6.07) is 7.73. The number of allylic oxidation sites excluding steroid dienone is 2. The molecule has 3 rings (SSSR count). The van der Waals surface area contributed by atoms with E-state index in [4.69, 9.17) is 9.47 Å². The zero-order valence-corrected chi connectivity index (χ0v) is 16.2. The molecule has 1 aliphatic rings. The van der Waals surface area contributed by atoms with E-state index in [0.29, 0.717) is 12.2 Å². The van der Waals surface area contributed by atoms with Crippen LogP contribution >= 0.6 is 11.3 Å². The van der Waals surface area contributed by atoms with Crippen LogP contribution in [0.3, 0.4) is 0 Å². The molecule has 0 N–H and O–H groups in total. The van der Waals surface area contributed by atoms with Crippen LogP contribution in [0.4, 0.5) is 0 Å². The molecule has 0 saturated carbocycles. The second-order valence-electron chi connectivity index (χ2n) is 6.55. The molecule has 138 valence electrons. The molecule has 1 atom stereocenters. The summed E-state index contributed by atoms with van der Waals surface area (Å²) >= 11 is 1.63. The van der Waals surface area contributed by atoms with Crippen LogP contribution in [0.15, 0.2) is 41.3 Å². The largest absolute Gasteiger partial charge is 0.479 e. The molecule has 5 heteroatoms. The van der Waals surface area contributed by atoms with Crippen LogP contribution in [-0.2, 0) is 9.53 Å². The summed E-state index contributed by atoms with van der Waals surface area (Å²) in [7, 11) is 1.41. The number of hydrogen-bond donors (Lipinski definition) is 0. The summed E-state index contributed by atoms with van der Waals surface area (Å²) in [6.07, 6.45) is 8.06. The molecule has 1 aromatic carbocycles. The minimum Gasteiger partial charge on any atom is -0.479 e. The number of carbonyl (C=O) groups excluding carboxylic acids is 1. The molecule has 2 aromatic rings. The Morgan fingerprint density at radius 3 is 2.69 bits per heavy atom. The summed E-state index contributed by atoms with van der Waals surface area (Å²) in [5.41, 5.74) is 3.44. The number of aromatic nitrogens is 1. The Morgan fingerprint density at radius 2 is 2.08 bits per heavy atom. The van der Waals surface area contributed by atoms with E-state index in [1.165, 1.54) is 25.5 Å². The summed E-state index contributed by atoms with van der Waals surface area (Å²) in [5, 5.41) is 3.09. The lowest BCUT2D eigenvalue weighted by Gasteiger charge is -2.19. The molecule has 0 aliphatic heterocycles. The van der Waals surface area contributed by atoms with Crippen molar-refractivity contribution in [3.8, 4) is 17.0 Å². The fraction of sp³-hybridized carbons (Fsp3) is 0.429. The van der Waals surface area contributed by atoms with Crippen LogP contribution in [0.25, 0.3) is 11.3 Å². The Hall–Kier alpha value is -2.14. The molecule has 0 amide bonds. The third kappa shape index (κ3) is 4.94. The molecule has 1 aromatic heterocycles. The summed E-state index contributed by atoms with van der Waals surface area (Å²) in [4.78, 5) is 16.6. The molecular weight excluding hydrogens is 346 g/mol. The number of methoxy groups -OCH3 is 1. The first-order valence-electron chi connectivity index (χ1n) is 9.10. The van der Waals surface area contributed by atoms with E-state index >= 15 is 0 Å². The number of hydrogen-bond acceptors (Lipinski definition) is 5. The lowest BCUT2D eigenvalue weighted by Crippen LogP contribution is -2.28. The van der Waals surface area contributed by atoms with E-state index in [9.17, 15) is 4.79 Å². The number of thiazole rings is 1. The number of esters is 1. The van der Waals surface area contributed by atoms with Crippen molar-refractivity contribution in [2.24, 2.45) is 0 Å². The molecule has 1 unspecified atom stereocenters. The normalized spacial score (nSPS) is 15.2. The standard InChI is InChI=1S/C21H25NO3S/c1-15-22-19(14-26-15)17-9-11-18(12-10-17)25-20(21(23)24-2)13-8-16-6-4-3-5-7-16/h6,9-12,14,20H,3-5,7-8,13H2,1-2H3. The van der Waals surface area contributed by atoms with Gasteiger partial charge in [-0.05, 0) is 69.7 Å². The number of ether oxygens (including phenoxy) is 2. The highest BCUT2D eigenvalue weighted by atomic mass is 32.1. The third-order valence-electron chi connectivity index (χ3n) is 4.62. The molecule has 0 spiro atoms. The number of benzene rings is 1. The highest BCUT2D eigenvalue weighted by Crippen LogP contribution is 2.26. The predicted molar refractivity (Wildman–Crippen MR) is 105 cm³/mol. The maximum Gasteiger partial charge on any atom is 0.347 e. The van der Waals surface area contributed by atoms with Gasteiger partial charge in [-0.15, -0.1) is 11.3 Å². The van der Waals surface area contributed by atoms with Crippen LogP contribution < -0.4 is 4.74 Å². The van der Waals surface area contributed by atoms with Crippen LogP contribution in [0, 0.1) is 6.92 Å². The van der Waals surface area contributed by atoms with Crippen molar-refractivity contribution in [3.05, 3.63) is 46.3 Å². The Balaban J connectivity index is 1.64. The van der Waals surface area contributed by atoms with Gasteiger partial charge in [0.25, 0.3) is 0 Å². The first-order valence-corrected chi connectivity index (χ1v) is 9.98. The van der Waals surface area contributed by atoms with Crippen LogP contribution in [-0.4, -0.2) is 24.2 Å². The highest BCUT2D eigenvalue weighted by molar-refractivity contribution is 7.09.